The number of hydrogen-bond donors (Lipinski definition) is 2. The average Bonchev–Trinajstić information content (AvgIpc) is 2.38. The Labute approximate surface area is 130 Å². The van der Waals surface area contributed by atoms with Crippen LogP contribution in [0.25, 0.3) is 0 Å². The van der Waals surface area contributed by atoms with E-state index in [0.29, 0.717) is 15.9 Å². The summed E-state index contributed by atoms with van der Waals surface area (Å²) < 4.78 is 0. The zero-order valence-corrected chi connectivity index (χ0v) is 13.6. The highest BCUT2D eigenvalue weighted by atomic mass is 35.5. The summed E-state index contributed by atoms with van der Waals surface area (Å²) in [4.78, 5) is 9.03. The molecular weight excluding hydrogens is 297 g/mol. The van der Waals surface area contributed by atoms with Gasteiger partial charge in [-0.05, 0) is 26.8 Å². The number of hydrazine groups is 1. The maximum absolute atomic E-state index is 6.25. The highest BCUT2D eigenvalue weighted by Gasteiger charge is 2.27. The third-order valence-corrected chi connectivity index (χ3v) is 4.14. The molecule has 0 radical (unpaired) electrons. The topological polar surface area (TPSA) is 57.4 Å². The van der Waals surface area contributed by atoms with Gasteiger partial charge in [-0.15, -0.1) is 0 Å². The van der Waals surface area contributed by atoms with Gasteiger partial charge in [0, 0.05) is 31.7 Å². The van der Waals surface area contributed by atoms with Crippen molar-refractivity contribution in [2.45, 2.75) is 26.3 Å². The van der Waals surface area contributed by atoms with Crippen molar-refractivity contribution in [3.8, 4) is 0 Å². The predicted octanol–water partition coefficient (Wildman–Crippen LogP) is 2.59. The van der Waals surface area contributed by atoms with Crippen LogP contribution in [0.1, 0.15) is 20.8 Å². The molecule has 0 aromatic carbocycles. The minimum absolute atomic E-state index is 0.188. The van der Waals surface area contributed by atoms with Gasteiger partial charge in [0.05, 0.1) is 10.0 Å². The van der Waals surface area contributed by atoms with E-state index in [2.05, 4.69) is 41.0 Å². The van der Waals surface area contributed by atoms with Gasteiger partial charge in [0.25, 0.3) is 0 Å². The number of nitrogen functional groups attached to an aromatic ring is 1. The average molecular weight is 318 g/mol. The number of aromatic nitrogens is 1. The Kier molecular flexibility index (Phi) is 4.64. The first-order chi connectivity index (χ1) is 9.32. The van der Waals surface area contributed by atoms with E-state index in [0.717, 1.165) is 32.0 Å². The third-order valence-electron chi connectivity index (χ3n) is 3.58. The minimum atomic E-state index is 0.188. The lowest BCUT2D eigenvalue weighted by Crippen LogP contribution is -2.53. The molecule has 1 aromatic heterocycles. The second-order valence-electron chi connectivity index (χ2n) is 5.91. The SMILES string of the molecule is CC(C)(C)N1CCN(c2nc(NN)c(Cl)cc2Cl)CC1. The van der Waals surface area contributed by atoms with E-state index < -0.39 is 0 Å². The number of halogens is 2. The number of nitrogens with two attached hydrogens (primary N) is 1. The zero-order chi connectivity index (χ0) is 14.9. The van der Waals surface area contributed by atoms with Crippen LogP contribution in [0.2, 0.25) is 10.0 Å². The van der Waals surface area contributed by atoms with Crippen molar-refractivity contribution < 1.29 is 0 Å². The van der Waals surface area contributed by atoms with E-state index in [4.69, 9.17) is 29.0 Å². The number of pyridine rings is 1. The first-order valence-electron chi connectivity index (χ1n) is 6.65. The summed E-state index contributed by atoms with van der Waals surface area (Å²) in [5.41, 5.74) is 2.68. The summed E-state index contributed by atoms with van der Waals surface area (Å²) >= 11 is 12.3. The van der Waals surface area contributed by atoms with Crippen molar-refractivity contribution in [2.75, 3.05) is 36.5 Å². The highest BCUT2D eigenvalue weighted by molar-refractivity contribution is 6.37. The van der Waals surface area contributed by atoms with Crippen molar-refractivity contribution in [2.24, 2.45) is 5.84 Å². The summed E-state index contributed by atoms with van der Waals surface area (Å²) in [6.07, 6.45) is 0. The molecule has 0 atom stereocenters. The largest absolute Gasteiger partial charge is 0.353 e. The number of hydrogen-bond acceptors (Lipinski definition) is 5. The van der Waals surface area contributed by atoms with Gasteiger partial charge in [-0.3, -0.25) is 4.90 Å². The van der Waals surface area contributed by atoms with Crippen molar-refractivity contribution in [1.29, 1.82) is 0 Å². The molecule has 20 heavy (non-hydrogen) atoms. The second kappa shape index (κ2) is 5.93. The minimum Gasteiger partial charge on any atom is -0.353 e. The number of rotatable bonds is 2. The monoisotopic (exact) mass is 317 g/mol. The molecule has 7 heteroatoms. The molecule has 0 aliphatic carbocycles. The fraction of sp³-hybridized carbons (Fsp3) is 0.615. The van der Waals surface area contributed by atoms with Gasteiger partial charge in [0.1, 0.15) is 5.82 Å². The molecule has 1 fully saturated rings. The molecular formula is C13H21Cl2N5. The Morgan fingerprint density at radius 2 is 1.75 bits per heavy atom. The van der Waals surface area contributed by atoms with Gasteiger partial charge in [0.15, 0.2) is 5.82 Å². The van der Waals surface area contributed by atoms with Crippen LogP contribution in [0.4, 0.5) is 11.6 Å². The summed E-state index contributed by atoms with van der Waals surface area (Å²) in [5.74, 6) is 6.59. The molecule has 1 aliphatic heterocycles. The van der Waals surface area contributed by atoms with Gasteiger partial charge in [-0.2, -0.15) is 0 Å². The Balaban J connectivity index is 2.15. The van der Waals surface area contributed by atoms with Crippen LogP contribution in [0, 0.1) is 0 Å². The second-order valence-corrected chi connectivity index (χ2v) is 6.73. The Morgan fingerprint density at radius 3 is 2.25 bits per heavy atom. The number of anilines is 2. The molecule has 112 valence electrons. The zero-order valence-electron chi connectivity index (χ0n) is 12.1. The fourth-order valence-electron chi connectivity index (χ4n) is 2.37. The maximum Gasteiger partial charge on any atom is 0.161 e. The van der Waals surface area contributed by atoms with Crippen LogP contribution in [0.3, 0.4) is 0 Å². The number of nitrogens with one attached hydrogen (secondary N) is 1. The molecule has 5 nitrogen and oxygen atoms in total. The molecule has 0 bridgehead atoms. The number of piperazine rings is 1. The van der Waals surface area contributed by atoms with Crippen molar-refractivity contribution in [3.05, 3.63) is 16.1 Å². The standard InChI is InChI=1S/C13H21Cl2N5/c1-13(2,3)20-6-4-19(5-7-20)12-10(15)8-9(14)11(17-12)18-16/h8H,4-7,16H2,1-3H3,(H,17,18). The van der Waals surface area contributed by atoms with Gasteiger partial charge in [-0.1, -0.05) is 23.2 Å². The van der Waals surface area contributed by atoms with E-state index in [1.54, 1.807) is 6.07 Å². The van der Waals surface area contributed by atoms with Gasteiger partial charge >= 0.3 is 0 Å². The fourth-order valence-corrected chi connectivity index (χ4v) is 2.90. The molecule has 0 unspecified atom stereocenters. The van der Waals surface area contributed by atoms with Crippen molar-refractivity contribution >= 4 is 34.8 Å². The summed E-state index contributed by atoms with van der Waals surface area (Å²) in [6.45, 7) is 10.4. The van der Waals surface area contributed by atoms with Gasteiger partial charge in [-0.25, -0.2) is 10.8 Å². The van der Waals surface area contributed by atoms with Crippen molar-refractivity contribution in [1.82, 2.24) is 9.88 Å². The molecule has 2 heterocycles. The lowest BCUT2D eigenvalue weighted by molar-refractivity contribution is 0.128. The Bertz CT molecular complexity index is 478. The molecule has 1 saturated heterocycles. The predicted molar refractivity (Wildman–Crippen MR) is 85.6 cm³/mol. The normalized spacial score (nSPS) is 17.4. The van der Waals surface area contributed by atoms with Crippen LogP contribution in [-0.2, 0) is 0 Å². The van der Waals surface area contributed by atoms with E-state index in [-0.39, 0.29) is 5.54 Å². The first kappa shape index (κ1) is 15.6. The summed E-state index contributed by atoms with van der Waals surface area (Å²) in [7, 11) is 0. The molecule has 3 N–H and O–H groups in total. The third kappa shape index (κ3) is 3.28. The Hall–Kier alpha value is -0.750. The first-order valence-corrected chi connectivity index (χ1v) is 7.41. The van der Waals surface area contributed by atoms with E-state index in [1.165, 1.54) is 0 Å². The van der Waals surface area contributed by atoms with Gasteiger partial charge < -0.3 is 10.3 Å². The van der Waals surface area contributed by atoms with Crippen LogP contribution in [0.5, 0.6) is 0 Å². The Morgan fingerprint density at radius 1 is 1.15 bits per heavy atom. The quantitative estimate of drug-likeness (QED) is 0.648. The molecule has 2 rings (SSSR count). The van der Waals surface area contributed by atoms with E-state index in [9.17, 15) is 0 Å². The van der Waals surface area contributed by atoms with Crippen LogP contribution in [-0.4, -0.2) is 41.6 Å². The molecule has 0 saturated carbocycles. The molecule has 1 aromatic rings. The summed E-state index contributed by atoms with van der Waals surface area (Å²) in [5, 5.41) is 0.979. The number of nitrogens with zero attached hydrogens (tertiary/aromatic N) is 3. The van der Waals surface area contributed by atoms with E-state index in [1.807, 2.05) is 0 Å². The molecule has 1 aliphatic rings. The van der Waals surface area contributed by atoms with Crippen LogP contribution >= 0.6 is 23.2 Å². The maximum atomic E-state index is 6.25. The smallest absolute Gasteiger partial charge is 0.161 e. The molecule has 0 spiro atoms. The van der Waals surface area contributed by atoms with E-state index >= 15 is 0 Å². The van der Waals surface area contributed by atoms with Crippen LogP contribution < -0.4 is 16.2 Å². The molecule has 0 amide bonds. The van der Waals surface area contributed by atoms with Crippen molar-refractivity contribution in [3.63, 3.8) is 0 Å². The van der Waals surface area contributed by atoms with Gasteiger partial charge in [0.2, 0.25) is 0 Å². The highest BCUT2D eigenvalue weighted by Crippen LogP contribution is 2.32. The van der Waals surface area contributed by atoms with Crippen LogP contribution in [0.15, 0.2) is 6.07 Å². The lowest BCUT2D eigenvalue weighted by atomic mass is 10.1. The lowest BCUT2D eigenvalue weighted by Gasteiger charge is -2.42. The summed E-state index contributed by atoms with van der Waals surface area (Å²) in [6, 6.07) is 1.68.